The number of hydrogen-bond acceptors (Lipinski definition) is 5. The van der Waals surface area contributed by atoms with Gasteiger partial charge < -0.3 is 15.5 Å². The molecule has 1 saturated carbocycles. The van der Waals surface area contributed by atoms with Crippen molar-refractivity contribution in [3.8, 4) is 0 Å². The topological polar surface area (TPSA) is 55.7 Å². The van der Waals surface area contributed by atoms with Crippen molar-refractivity contribution in [3.63, 3.8) is 0 Å². The van der Waals surface area contributed by atoms with Crippen LogP contribution in [0.1, 0.15) is 57.9 Å². The van der Waals surface area contributed by atoms with Crippen LogP contribution in [0.25, 0.3) is 0 Å². The molecule has 1 aromatic rings. The fraction of sp³-hybridized carbons (Fsp3) is 0.727. The van der Waals surface area contributed by atoms with E-state index in [9.17, 15) is 10.2 Å². The Balaban J connectivity index is 1.93. The number of nitrogens with one attached hydrogen (secondary N) is 1. The van der Waals surface area contributed by atoms with Gasteiger partial charge in [-0.3, -0.25) is 0 Å². The van der Waals surface area contributed by atoms with Crippen molar-refractivity contribution in [2.45, 2.75) is 76.0 Å². The van der Waals surface area contributed by atoms with Crippen molar-refractivity contribution in [3.05, 3.63) is 29.8 Å². The van der Waals surface area contributed by atoms with Crippen LogP contribution >= 0.6 is 11.9 Å². The predicted molar refractivity (Wildman–Crippen MR) is 115 cm³/mol. The predicted octanol–water partition coefficient (Wildman–Crippen LogP) is 4.06. The zero-order valence-corrected chi connectivity index (χ0v) is 18.0. The molecule has 0 amide bonds. The van der Waals surface area contributed by atoms with Crippen molar-refractivity contribution < 1.29 is 10.2 Å². The quantitative estimate of drug-likeness (QED) is 0.415. The monoisotopic (exact) mass is 394 g/mol. The summed E-state index contributed by atoms with van der Waals surface area (Å²) >= 11 is 1.74. The fourth-order valence-corrected chi connectivity index (χ4v) is 4.54. The highest BCUT2D eigenvalue weighted by atomic mass is 32.2. The van der Waals surface area contributed by atoms with Crippen LogP contribution in [0.15, 0.2) is 29.2 Å². The SMILES string of the molecule is CNC(CCCC(CO)N(CCC(C)C)Sc1ccc(CO)cc1)C1CC1. The van der Waals surface area contributed by atoms with Crippen LogP contribution in [0.4, 0.5) is 0 Å². The molecule has 1 aliphatic carbocycles. The maximum Gasteiger partial charge on any atom is 0.0681 e. The van der Waals surface area contributed by atoms with E-state index in [0.29, 0.717) is 12.0 Å². The molecule has 1 aliphatic rings. The van der Waals surface area contributed by atoms with Gasteiger partial charge in [0.15, 0.2) is 0 Å². The lowest BCUT2D eigenvalue weighted by Gasteiger charge is -2.30. The summed E-state index contributed by atoms with van der Waals surface area (Å²) in [6, 6.07) is 8.91. The van der Waals surface area contributed by atoms with E-state index in [4.69, 9.17) is 0 Å². The van der Waals surface area contributed by atoms with Gasteiger partial charge in [0.25, 0.3) is 0 Å². The molecule has 154 valence electrons. The van der Waals surface area contributed by atoms with Crippen LogP contribution in [-0.4, -0.2) is 46.8 Å². The standard InChI is InChI=1S/C22H38N2O2S/c1-17(2)13-14-24(27-21-11-7-18(15-25)8-12-21)20(16-26)5-4-6-22(23-3)19-9-10-19/h7-8,11-12,17,19-20,22-23,25-26H,4-6,9-10,13-16H2,1-3H3. The molecule has 2 atom stereocenters. The largest absolute Gasteiger partial charge is 0.395 e. The first kappa shape index (κ1) is 22.7. The van der Waals surface area contributed by atoms with Crippen molar-refractivity contribution in [2.75, 3.05) is 20.2 Å². The summed E-state index contributed by atoms with van der Waals surface area (Å²) in [5, 5.41) is 22.8. The normalized spacial score (nSPS) is 16.9. The van der Waals surface area contributed by atoms with Crippen LogP contribution in [0.3, 0.4) is 0 Å². The summed E-state index contributed by atoms with van der Waals surface area (Å²) in [7, 11) is 2.08. The zero-order chi connectivity index (χ0) is 19.6. The van der Waals surface area contributed by atoms with E-state index in [0.717, 1.165) is 37.3 Å². The molecular weight excluding hydrogens is 356 g/mol. The van der Waals surface area contributed by atoms with Crippen molar-refractivity contribution in [1.82, 2.24) is 9.62 Å². The van der Waals surface area contributed by atoms with Gasteiger partial charge in [0.05, 0.1) is 13.2 Å². The molecule has 5 heteroatoms. The molecule has 0 bridgehead atoms. The van der Waals surface area contributed by atoms with Gasteiger partial charge in [-0.25, -0.2) is 4.31 Å². The minimum Gasteiger partial charge on any atom is -0.395 e. The molecule has 0 spiro atoms. The summed E-state index contributed by atoms with van der Waals surface area (Å²) < 4.78 is 2.37. The van der Waals surface area contributed by atoms with Crippen molar-refractivity contribution >= 4 is 11.9 Å². The van der Waals surface area contributed by atoms with Gasteiger partial charge in [0.1, 0.15) is 0 Å². The Labute approximate surface area is 169 Å². The van der Waals surface area contributed by atoms with E-state index in [1.165, 1.54) is 24.2 Å². The van der Waals surface area contributed by atoms with Gasteiger partial charge in [-0.2, -0.15) is 0 Å². The number of aliphatic hydroxyl groups excluding tert-OH is 2. The van der Waals surface area contributed by atoms with E-state index in [1.54, 1.807) is 11.9 Å². The number of rotatable bonds is 14. The molecule has 0 heterocycles. The Morgan fingerprint density at radius 3 is 2.33 bits per heavy atom. The van der Waals surface area contributed by atoms with Gasteiger partial charge in [-0.15, -0.1) is 0 Å². The van der Waals surface area contributed by atoms with Crippen molar-refractivity contribution in [2.24, 2.45) is 11.8 Å². The Bertz CT molecular complexity index is 520. The third-order valence-corrected chi connectivity index (χ3v) is 6.69. The Hall–Kier alpha value is -0.590. The molecule has 27 heavy (non-hydrogen) atoms. The van der Waals surface area contributed by atoms with Crippen LogP contribution in [0.2, 0.25) is 0 Å². The highest BCUT2D eigenvalue weighted by Gasteiger charge is 2.30. The van der Waals surface area contributed by atoms with E-state index in [1.807, 2.05) is 12.1 Å². The lowest BCUT2D eigenvalue weighted by atomic mass is 10.0. The maximum absolute atomic E-state index is 10.1. The number of hydrogen-bond donors (Lipinski definition) is 3. The maximum atomic E-state index is 10.1. The Morgan fingerprint density at radius 1 is 1.11 bits per heavy atom. The highest BCUT2D eigenvalue weighted by molar-refractivity contribution is 7.97. The highest BCUT2D eigenvalue weighted by Crippen LogP contribution is 2.35. The first-order valence-electron chi connectivity index (χ1n) is 10.5. The Morgan fingerprint density at radius 2 is 1.81 bits per heavy atom. The van der Waals surface area contributed by atoms with Gasteiger partial charge in [-0.05, 0) is 80.6 Å². The van der Waals surface area contributed by atoms with Gasteiger partial charge in [-0.1, -0.05) is 32.4 Å². The van der Waals surface area contributed by atoms with E-state index in [-0.39, 0.29) is 19.3 Å². The van der Waals surface area contributed by atoms with E-state index < -0.39 is 0 Å². The molecule has 4 nitrogen and oxygen atoms in total. The molecule has 2 unspecified atom stereocenters. The molecule has 1 fully saturated rings. The van der Waals surface area contributed by atoms with Crippen molar-refractivity contribution in [1.29, 1.82) is 0 Å². The third-order valence-electron chi connectivity index (χ3n) is 5.49. The second-order valence-electron chi connectivity index (χ2n) is 8.22. The van der Waals surface area contributed by atoms with E-state index in [2.05, 4.69) is 42.6 Å². The van der Waals surface area contributed by atoms with Crippen LogP contribution in [0, 0.1) is 11.8 Å². The first-order chi connectivity index (χ1) is 13.1. The lowest BCUT2D eigenvalue weighted by molar-refractivity contribution is 0.180. The first-order valence-corrected chi connectivity index (χ1v) is 11.3. The third kappa shape index (κ3) is 8.12. The Kier molecular flexibility index (Phi) is 10.2. The van der Waals surface area contributed by atoms with Crippen LogP contribution in [-0.2, 0) is 6.61 Å². The number of aliphatic hydroxyl groups is 2. The second-order valence-corrected chi connectivity index (χ2v) is 9.34. The molecule has 2 rings (SSSR count). The smallest absolute Gasteiger partial charge is 0.0681 e. The molecule has 1 aromatic carbocycles. The molecule has 3 N–H and O–H groups in total. The summed E-state index contributed by atoms with van der Waals surface area (Å²) in [6.07, 6.45) is 7.24. The number of nitrogens with zero attached hydrogens (tertiary/aromatic N) is 1. The van der Waals surface area contributed by atoms with Gasteiger partial charge >= 0.3 is 0 Å². The summed E-state index contributed by atoms with van der Waals surface area (Å²) in [5.41, 5.74) is 0.935. The molecular formula is C22H38N2O2S. The second kappa shape index (κ2) is 12.1. The molecule has 0 saturated heterocycles. The molecule has 0 radical (unpaired) electrons. The van der Waals surface area contributed by atoms with Crippen LogP contribution < -0.4 is 5.32 Å². The zero-order valence-electron chi connectivity index (χ0n) is 17.2. The minimum absolute atomic E-state index is 0.0783. The summed E-state index contributed by atoms with van der Waals surface area (Å²) in [4.78, 5) is 1.17. The summed E-state index contributed by atoms with van der Waals surface area (Å²) in [6.45, 7) is 5.76. The van der Waals surface area contributed by atoms with Crippen LogP contribution in [0.5, 0.6) is 0 Å². The fourth-order valence-electron chi connectivity index (χ4n) is 3.49. The molecule has 0 aromatic heterocycles. The molecule has 0 aliphatic heterocycles. The number of benzene rings is 1. The average molecular weight is 395 g/mol. The average Bonchev–Trinajstić information content (AvgIpc) is 3.51. The lowest BCUT2D eigenvalue weighted by Crippen LogP contribution is -2.35. The minimum atomic E-state index is 0.0783. The van der Waals surface area contributed by atoms with Gasteiger partial charge in [0, 0.05) is 23.5 Å². The van der Waals surface area contributed by atoms with E-state index >= 15 is 0 Å². The summed E-state index contributed by atoms with van der Waals surface area (Å²) in [5.74, 6) is 1.52. The van der Waals surface area contributed by atoms with Gasteiger partial charge in [0.2, 0.25) is 0 Å².